The van der Waals surface area contributed by atoms with Gasteiger partial charge in [0.1, 0.15) is 11.6 Å². The third-order valence-corrected chi connectivity index (χ3v) is 6.76. The van der Waals surface area contributed by atoms with Gasteiger partial charge in [-0.3, -0.25) is 4.57 Å². The van der Waals surface area contributed by atoms with E-state index in [-0.39, 0.29) is 16.6 Å². The predicted molar refractivity (Wildman–Crippen MR) is 104 cm³/mol. The zero-order chi connectivity index (χ0) is 20.5. The number of hydrogen-bond acceptors (Lipinski definition) is 4. The van der Waals surface area contributed by atoms with Gasteiger partial charge in [-0.1, -0.05) is 19.9 Å². The van der Waals surface area contributed by atoms with Crippen LogP contribution in [0.4, 0.5) is 4.39 Å². The van der Waals surface area contributed by atoms with Crippen molar-refractivity contribution in [2.75, 3.05) is 0 Å². The molecule has 1 unspecified atom stereocenters. The van der Waals surface area contributed by atoms with E-state index in [4.69, 9.17) is 0 Å². The first-order valence-electron chi connectivity index (χ1n) is 9.62. The van der Waals surface area contributed by atoms with Crippen LogP contribution in [0.2, 0.25) is 0 Å². The first-order chi connectivity index (χ1) is 13.2. The minimum atomic E-state index is -3.84. The fraction of sp³-hybridized carbons (Fsp3) is 0.579. The Bertz CT molecular complexity index is 1010. The second kappa shape index (κ2) is 8.16. The lowest BCUT2D eigenvalue weighted by atomic mass is 10.1. The van der Waals surface area contributed by atoms with E-state index in [1.807, 2.05) is 0 Å². The number of aromatic nitrogens is 3. The molecule has 1 aromatic heterocycles. The van der Waals surface area contributed by atoms with Gasteiger partial charge in [0.05, 0.1) is 4.90 Å². The quantitative estimate of drug-likeness (QED) is 0.791. The first kappa shape index (κ1) is 20.7. The molecule has 1 N–H and O–H groups in total. The summed E-state index contributed by atoms with van der Waals surface area (Å²) in [5.74, 6) is 0.588. The number of aryl methyl sites for hydroxylation is 3. The molecular formula is C19H27FN4O3S. The van der Waals surface area contributed by atoms with E-state index < -0.39 is 15.8 Å². The van der Waals surface area contributed by atoms with Crippen LogP contribution in [-0.2, 0) is 29.5 Å². The van der Waals surface area contributed by atoms with Crippen molar-refractivity contribution >= 4 is 10.0 Å². The number of fused-ring (bicyclic) bond motifs is 1. The predicted octanol–water partition coefficient (Wildman–Crippen LogP) is 2.22. The smallest absolute Gasteiger partial charge is 0.279 e. The van der Waals surface area contributed by atoms with Crippen molar-refractivity contribution in [3.8, 4) is 0 Å². The van der Waals surface area contributed by atoms with E-state index in [1.165, 1.54) is 16.8 Å². The summed E-state index contributed by atoms with van der Waals surface area (Å²) in [5.41, 5.74) is 0.351. The second-order valence-corrected chi connectivity index (χ2v) is 9.49. The highest BCUT2D eigenvalue weighted by molar-refractivity contribution is 7.89. The van der Waals surface area contributed by atoms with E-state index in [0.29, 0.717) is 49.7 Å². The van der Waals surface area contributed by atoms with Gasteiger partial charge in [-0.15, -0.1) is 0 Å². The fourth-order valence-corrected chi connectivity index (χ4v) is 4.98. The summed E-state index contributed by atoms with van der Waals surface area (Å²) in [4.78, 5) is 12.5. The molecule has 3 rings (SSSR count). The zero-order valence-corrected chi connectivity index (χ0v) is 17.3. The highest BCUT2D eigenvalue weighted by Crippen LogP contribution is 2.19. The maximum absolute atomic E-state index is 13.5. The third-order valence-electron chi connectivity index (χ3n) is 5.10. The average molecular weight is 411 g/mol. The number of sulfonamides is 1. The molecule has 28 heavy (non-hydrogen) atoms. The Balaban J connectivity index is 1.72. The van der Waals surface area contributed by atoms with Gasteiger partial charge in [-0.2, -0.15) is 5.10 Å². The highest BCUT2D eigenvalue weighted by atomic mass is 32.2. The van der Waals surface area contributed by atoms with Gasteiger partial charge in [-0.25, -0.2) is 27.0 Å². The topological polar surface area (TPSA) is 86.0 Å². The largest absolute Gasteiger partial charge is 0.345 e. The van der Waals surface area contributed by atoms with Gasteiger partial charge in [0.15, 0.2) is 0 Å². The number of nitrogens with one attached hydrogen (secondary N) is 1. The molecule has 1 atom stereocenters. The van der Waals surface area contributed by atoms with Crippen molar-refractivity contribution in [2.45, 2.75) is 70.5 Å². The summed E-state index contributed by atoms with van der Waals surface area (Å²) < 4.78 is 44.7. The summed E-state index contributed by atoms with van der Waals surface area (Å²) in [5, 5.41) is 4.44. The minimum absolute atomic E-state index is 0.0504. The highest BCUT2D eigenvalue weighted by Gasteiger charge is 2.26. The zero-order valence-electron chi connectivity index (χ0n) is 16.5. The van der Waals surface area contributed by atoms with Crippen LogP contribution >= 0.6 is 0 Å². The molecule has 1 aromatic carbocycles. The number of halogens is 1. The molecule has 2 aromatic rings. The molecule has 0 amide bonds. The van der Waals surface area contributed by atoms with E-state index in [2.05, 4.69) is 23.7 Å². The molecule has 1 aliphatic rings. The summed E-state index contributed by atoms with van der Waals surface area (Å²) in [6.07, 6.45) is 2.41. The van der Waals surface area contributed by atoms with Crippen LogP contribution in [0.1, 0.15) is 44.5 Å². The van der Waals surface area contributed by atoms with Crippen molar-refractivity contribution in [1.29, 1.82) is 0 Å². The number of hydrogen-bond donors (Lipinski definition) is 1. The van der Waals surface area contributed by atoms with E-state index in [0.717, 1.165) is 12.5 Å². The molecule has 9 heteroatoms. The summed E-state index contributed by atoms with van der Waals surface area (Å²) >= 11 is 0. The van der Waals surface area contributed by atoms with E-state index in [1.54, 1.807) is 11.5 Å². The summed E-state index contributed by atoms with van der Waals surface area (Å²) in [6, 6.07) is 3.39. The van der Waals surface area contributed by atoms with Crippen LogP contribution in [0, 0.1) is 18.7 Å². The van der Waals surface area contributed by atoms with Crippen LogP contribution in [0.3, 0.4) is 0 Å². The Kier molecular flexibility index (Phi) is 6.04. The minimum Gasteiger partial charge on any atom is -0.279 e. The van der Waals surface area contributed by atoms with Gasteiger partial charge < -0.3 is 0 Å². The molecule has 0 radical (unpaired) electrons. The van der Waals surface area contributed by atoms with E-state index >= 15 is 0 Å². The molecule has 0 bridgehead atoms. The Morgan fingerprint density at radius 1 is 1.32 bits per heavy atom. The lowest BCUT2D eigenvalue weighted by molar-refractivity contribution is 0.458. The van der Waals surface area contributed by atoms with Crippen LogP contribution in [-0.4, -0.2) is 28.8 Å². The normalized spacial score (nSPS) is 17.5. The maximum atomic E-state index is 13.5. The second-order valence-electron chi connectivity index (χ2n) is 7.81. The molecule has 1 aliphatic heterocycles. The Labute approximate surface area is 164 Å². The Morgan fingerprint density at radius 3 is 2.79 bits per heavy atom. The van der Waals surface area contributed by atoms with Crippen LogP contribution in [0.5, 0.6) is 0 Å². The number of benzene rings is 1. The van der Waals surface area contributed by atoms with Gasteiger partial charge in [0.25, 0.3) is 0 Å². The van der Waals surface area contributed by atoms with E-state index in [9.17, 15) is 17.6 Å². The van der Waals surface area contributed by atoms with Crippen molar-refractivity contribution in [1.82, 2.24) is 19.1 Å². The molecule has 7 nitrogen and oxygen atoms in total. The molecule has 0 saturated carbocycles. The van der Waals surface area contributed by atoms with Crippen LogP contribution < -0.4 is 10.4 Å². The Hall–Kier alpha value is -2.00. The van der Waals surface area contributed by atoms with Crippen molar-refractivity contribution < 1.29 is 12.8 Å². The lowest BCUT2D eigenvalue weighted by Crippen LogP contribution is -2.36. The van der Waals surface area contributed by atoms with Crippen molar-refractivity contribution in [2.24, 2.45) is 5.92 Å². The summed E-state index contributed by atoms with van der Waals surface area (Å²) in [6.45, 7) is 6.83. The molecule has 154 valence electrons. The Morgan fingerprint density at radius 2 is 2.07 bits per heavy atom. The molecule has 0 aliphatic carbocycles. The van der Waals surface area contributed by atoms with Gasteiger partial charge >= 0.3 is 5.69 Å². The number of rotatable bonds is 6. The standard InChI is InChI=1S/C19H27FN4O3S/c1-13(2)8-11-24-19(25)23-10-9-16(6-7-18(23)21-24)22-28(26,27)17-12-15(20)5-4-14(17)3/h4-5,12-13,16,22H,6-11H2,1-3H3. The summed E-state index contributed by atoms with van der Waals surface area (Å²) in [7, 11) is -3.84. The van der Waals surface area contributed by atoms with Crippen LogP contribution in [0.15, 0.2) is 27.9 Å². The maximum Gasteiger partial charge on any atom is 0.345 e. The van der Waals surface area contributed by atoms with Gasteiger partial charge in [-0.05, 0) is 49.8 Å². The first-order valence-corrected chi connectivity index (χ1v) is 11.1. The fourth-order valence-electron chi connectivity index (χ4n) is 3.42. The average Bonchev–Trinajstić information content (AvgIpc) is 2.78. The van der Waals surface area contributed by atoms with Gasteiger partial charge in [0.2, 0.25) is 10.0 Å². The SMILES string of the molecule is Cc1ccc(F)cc1S(=O)(=O)NC1CCc2nn(CCC(C)C)c(=O)n2CC1. The molecular weight excluding hydrogens is 383 g/mol. The molecule has 2 heterocycles. The molecule has 0 fully saturated rings. The monoisotopic (exact) mass is 410 g/mol. The molecule has 0 saturated heterocycles. The van der Waals surface area contributed by atoms with Crippen LogP contribution in [0.25, 0.3) is 0 Å². The van der Waals surface area contributed by atoms with Gasteiger partial charge in [0, 0.05) is 25.6 Å². The van der Waals surface area contributed by atoms with Crippen molar-refractivity contribution in [3.05, 3.63) is 45.9 Å². The molecule has 0 spiro atoms. The lowest BCUT2D eigenvalue weighted by Gasteiger charge is -2.17. The third kappa shape index (κ3) is 4.52. The number of nitrogens with zero attached hydrogens (tertiary/aromatic N) is 3. The van der Waals surface area contributed by atoms with Crippen molar-refractivity contribution in [3.63, 3.8) is 0 Å².